The smallest absolute Gasteiger partial charge is 0.232 e. The fourth-order valence-electron chi connectivity index (χ4n) is 3.46. The lowest BCUT2D eigenvalue weighted by atomic mass is 9.83. The molecule has 0 unspecified atom stereocenters. The number of rotatable bonds is 3. The Hall–Kier alpha value is -0.990. The summed E-state index contributed by atoms with van der Waals surface area (Å²) in [6.45, 7) is 4.05. The molecule has 0 N–H and O–H groups in total. The fraction of sp³-hybridized carbons (Fsp3) is 0.846. The van der Waals surface area contributed by atoms with Crippen molar-refractivity contribution in [1.82, 2.24) is 14.4 Å². The van der Waals surface area contributed by atoms with Crippen molar-refractivity contribution in [3.8, 4) is 0 Å². The van der Waals surface area contributed by atoms with Gasteiger partial charge in [0.1, 0.15) is 0 Å². The van der Waals surface area contributed by atoms with Crippen LogP contribution in [-0.4, -0.2) is 54.4 Å². The molecule has 0 spiro atoms. The molecule has 3 heterocycles. The highest BCUT2D eigenvalue weighted by Crippen LogP contribution is 2.42. The Kier molecular flexibility index (Phi) is 3.09. The molecule has 3 aliphatic rings. The highest BCUT2D eigenvalue weighted by atomic mass is 32.2. The fourth-order valence-corrected chi connectivity index (χ4v) is 5.39. The number of aromatic nitrogens is 2. The van der Waals surface area contributed by atoms with E-state index in [-0.39, 0.29) is 23.0 Å². The van der Waals surface area contributed by atoms with Crippen LogP contribution in [-0.2, 0) is 14.8 Å². The summed E-state index contributed by atoms with van der Waals surface area (Å²) in [5.74, 6) is 1.63. The number of nitrogens with zero attached hydrogens (tertiary/aromatic N) is 3. The van der Waals surface area contributed by atoms with Crippen LogP contribution < -0.4 is 0 Å². The van der Waals surface area contributed by atoms with Gasteiger partial charge in [0.2, 0.25) is 15.9 Å². The Bertz CT molecular complexity index is 640. The second-order valence-electron chi connectivity index (χ2n) is 6.31. The third-order valence-corrected chi connectivity index (χ3v) is 7.10. The molecule has 1 aromatic heterocycles. The zero-order valence-corrected chi connectivity index (χ0v) is 12.8. The lowest BCUT2D eigenvalue weighted by molar-refractivity contribution is 0.00994. The number of ether oxygens (including phenoxy) is 1. The standard InChI is InChI=1S/C13H19N3O4S/c1-8-14-13(20-15-8)12-7-19-6-9-4-16(5-11(9)12)21(17,18)10-2-3-10/h9-12H,2-7H2,1H3/t9-,11-,12+/m0/s1. The van der Waals surface area contributed by atoms with Gasteiger partial charge >= 0.3 is 0 Å². The molecule has 4 rings (SSSR count). The van der Waals surface area contributed by atoms with Crippen LogP contribution in [0.4, 0.5) is 0 Å². The van der Waals surface area contributed by atoms with Gasteiger partial charge in [0.05, 0.1) is 24.4 Å². The maximum absolute atomic E-state index is 12.4. The van der Waals surface area contributed by atoms with Crippen molar-refractivity contribution in [2.75, 3.05) is 26.3 Å². The SMILES string of the molecule is Cc1noc([C@@H]2COC[C@@H]3CN(S(=O)(=O)C4CC4)C[C@@H]32)n1. The van der Waals surface area contributed by atoms with Crippen molar-refractivity contribution in [3.63, 3.8) is 0 Å². The first-order valence-electron chi connectivity index (χ1n) is 7.42. The van der Waals surface area contributed by atoms with Crippen LogP contribution in [0.5, 0.6) is 0 Å². The van der Waals surface area contributed by atoms with E-state index < -0.39 is 10.0 Å². The maximum Gasteiger partial charge on any atom is 0.232 e. The van der Waals surface area contributed by atoms with Crippen LogP contribution in [0.3, 0.4) is 0 Å². The van der Waals surface area contributed by atoms with Crippen molar-refractivity contribution in [2.24, 2.45) is 11.8 Å². The van der Waals surface area contributed by atoms with Gasteiger partial charge in [-0.25, -0.2) is 12.7 Å². The predicted molar refractivity (Wildman–Crippen MR) is 73.1 cm³/mol. The van der Waals surface area contributed by atoms with Gasteiger partial charge in [0.25, 0.3) is 0 Å². The summed E-state index contributed by atoms with van der Waals surface area (Å²) in [5, 5.41) is 3.69. The van der Waals surface area contributed by atoms with E-state index in [1.807, 2.05) is 0 Å². The Labute approximate surface area is 123 Å². The largest absolute Gasteiger partial charge is 0.380 e. The topological polar surface area (TPSA) is 85.5 Å². The molecule has 116 valence electrons. The second-order valence-corrected chi connectivity index (χ2v) is 8.52. The molecule has 0 bridgehead atoms. The van der Waals surface area contributed by atoms with Crippen LogP contribution in [0, 0.1) is 18.8 Å². The van der Waals surface area contributed by atoms with Gasteiger partial charge in [-0.3, -0.25) is 0 Å². The number of sulfonamides is 1. The van der Waals surface area contributed by atoms with Crippen molar-refractivity contribution in [2.45, 2.75) is 30.9 Å². The summed E-state index contributed by atoms with van der Waals surface area (Å²) >= 11 is 0. The zero-order valence-electron chi connectivity index (χ0n) is 11.9. The Morgan fingerprint density at radius 1 is 1.24 bits per heavy atom. The Morgan fingerprint density at radius 3 is 2.71 bits per heavy atom. The van der Waals surface area contributed by atoms with Crippen LogP contribution in [0.1, 0.15) is 30.5 Å². The molecule has 0 amide bonds. The highest BCUT2D eigenvalue weighted by molar-refractivity contribution is 7.90. The minimum Gasteiger partial charge on any atom is -0.380 e. The molecule has 0 radical (unpaired) electrons. The number of aryl methyl sites for hydroxylation is 1. The number of fused-ring (bicyclic) bond motifs is 1. The molecular formula is C13H19N3O4S. The molecule has 7 nitrogen and oxygen atoms in total. The van der Waals surface area contributed by atoms with Crippen molar-refractivity contribution >= 4 is 10.0 Å². The summed E-state index contributed by atoms with van der Waals surface area (Å²) in [6.07, 6.45) is 1.61. The number of hydrogen-bond donors (Lipinski definition) is 0. The lowest BCUT2D eigenvalue weighted by Crippen LogP contribution is -2.33. The minimum atomic E-state index is -3.11. The monoisotopic (exact) mass is 313 g/mol. The van der Waals surface area contributed by atoms with Gasteiger partial charge < -0.3 is 9.26 Å². The zero-order chi connectivity index (χ0) is 14.6. The first kappa shape index (κ1) is 13.7. The van der Waals surface area contributed by atoms with E-state index in [0.29, 0.717) is 38.0 Å². The van der Waals surface area contributed by atoms with Crippen LogP contribution in [0.25, 0.3) is 0 Å². The van der Waals surface area contributed by atoms with E-state index in [4.69, 9.17) is 9.26 Å². The molecule has 3 atom stereocenters. The summed E-state index contributed by atoms with van der Waals surface area (Å²) in [5.41, 5.74) is 0. The molecule has 1 saturated carbocycles. The van der Waals surface area contributed by atoms with Gasteiger partial charge in [-0.15, -0.1) is 0 Å². The van der Waals surface area contributed by atoms with Gasteiger partial charge in [-0.1, -0.05) is 5.16 Å². The van der Waals surface area contributed by atoms with Crippen molar-refractivity contribution in [1.29, 1.82) is 0 Å². The first-order chi connectivity index (χ1) is 10.1. The summed E-state index contributed by atoms with van der Waals surface area (Å²) in [6, 6.07) is 0. The van der Waals surface area contributed by atoms with Gasteiger partial charge in [-0.2, -0.15) is 4.98 Å². The minimum absolute atomic E-state index is 0.00403. The molecular weight excluding hydrogens is 294 g/mol. The van der Waals surface area contributed by atoms with Crippen LogP contribution >= 0.6 is 0 Å². The van der Waals surface area contributed by atoms with E-state index in [1.165, 1.54) is 0 Å². The molecule has 2 aliphatic heterocycles. The van der Waals surface area contributed by atoms with Crippen molar-refractivity contribution < 1.29 is 17.7 Å². The number of hydrogen-bond acceptors (Lipinski definition) is 6. The molecule has 1 aromatic rings. The predicted octanol–water partition coefficient (Wildman–Crippen LogP) is 0.532. The molecule has 8 heteroatoms. The Morgan fingerprint density at radius 2 is 2.05 bits per heavy atom. The lowest BCUT2D eigenvalue weighted by Gasteiger charge is -2.30. The first-order valence-corrected chi connectivity index (χ1v) is 8.93. The van der Waals surface area contributed by atoms with E-state index in [0.717, 1.165) is 12.8 Å². The third-order valence-electron chi connectivity index (χ3n) is 4.77. The summed E-state index contributed by atoms with van der Waals surface area (Å²) < 4.78 is 37.4. The van der Waals surface area contributed by atoms with Gasteiger partial charge in [0.15, 0.2) is 5.82 Å². The molecule has 3 fully saturated rings. The Balaban J connectivity index is 1.57. The molecule has 1 aliphatic carbocycles. The average Bonchev–Trinajstić information content (AvgIpc) is 3.09. The van der Waals surface area contributed by atoms with Crippen molar-refractivity contribution in [3.05, 3.63) is 11.7 Å². The normalized spacial score (nSPS) is 34.0. The third kappa shape index (κ3) is 2.29. The quantitative estimate of drug-likeness (QED) is 0.809. The van der Waals surface area contributed by atoms with E-state index in [9.17, 15) is 8.42 Å². The van der Waals surface area contributed by atoms with Crippen LogP contribution in [0.2, 0.25) is 0 Å². The summed E-state index contributed by atoms with van der Waals surface area (Å²) in [7, 11) is -3.11. The van der Waals surface area contributed by atoms with Crippen LogP contribution in [0.15, 0.2) is 4.52 Å². The summed E-state index contributed by atoms with van der Waals surface area (Å²) in [4.78, 5) is 4.30. The van der Waals surface area contributed by atoms with Gasteiger partial charge in [0, 0.05) is 19.0 Å². The molecule has 21 heavy (non-hydrogen) atoms. The second kappa shape index (κ2) is 4.76. The average molecular weight is 313 g/mol. The van der Waals surface area contributed by atoms with E-state index >= 15 is 0 Å². The maximum atomic E-state index is 12.4. The van der Waals surface area contributed by atoms with E-state index in [2.05, 4.69) is 10.1 Å². The van der Waals surface area contributed by atoms with Gasteiger partial charge in [-0.05, 0) is 25.7 Å². The molecule has 2 saturated heterocycles. The molecule has 0 aromatic carbocycles. The van der Waals surface area contributed by atoms with E-state index in [1.54, 1.807) is 11.2 Å². The highest BCUT2D eigenvalue weighted by Gasteiger charge is 2.50.